The number of halogens is 1. The maximum Gasteiger partial charge on any atom is 0.212 e. The van der Waals surface area contributed by atoms with Crippen LogP contribution in [-0.2, 0) is 17.9 Å². The first kappa shape index (κ1) is 17.7. The molecule has 0 fully saturated rings. The van der Waals surface area contributed by atoms with Crippen molar-refractivity contribution < 1.29 is 8.96 Å². The highest BCUT2D eigenvalue weighted by Crippen LogP contribution is 2.31. The van der Waals surface area contributed by atoms with Gasteiger partial charge in [0.1, 0.15) is 12.9 Å². The van der Waals surface area contributed by atoms with Crippen LogP contribution in [0.3, 0.4) is 0 Å². The number of rotatable bonds is 1. The molecule has 1 aromatic heterocycles. The van der Waals surface area contributed by atoms with E-state index in [1.807, 2.05) is 14.0 Å². The van der Waals surface area contributed by atoms with Crippen molar-refractivity contribution in [2.24, 2.45) is 7.05 Å². The summed E-state index contributed by atoms with van der Waals surface area (Å²) in [6.45, 7) is 14.8. The van der Waals surface area contributed by atoms with Gasteiger partial charge in [-0.1, -0.05) is 41.5 Å². The van der Waals surface area contributed by atoms with E-state index in [1.54, 1.807) is 6.07 Å². The van der Waals surface area contributed by atoms with Gasteiger partial charge in [-0.2, -0.15) is 0 Å². The average molecular weight is 314 g/mol. The normalized spacial score (nSPS) is 12.6. The molecule has 2 heteroatoms. The zero-order valence-electron chi connectivity index (χ0n) is 15.7. The molecule has 1 heterocycles. The summed E-state index contributed by atoms with van der Waals surface area (Å²) in [7, 11) is 2.03. The third kappa shape index (κ3) is 3.63. The Morgan fingerprint density at radius 2 is 1.43 bits per heavy atom. The highest BCUT2D eigenvalue weighted by atomic mass is 19.1. The zero-order chi connectivity index (χ0) is 17.6. The number of aryl methyl sites for hydroxylation is 1. The van der Waals surface area contributed by atoms with Crippen LogP contribution in [0.5, 0.6) is 0 Å². The second kappa shape index (κ2) is 5.74. The third-order valence-corrected chi connectivity index (χ3v) is 4.49. The molecule has 0 aliphatic heterocycles. The van der Waals surface area contributed by atoms with Gasteiger partial charge >= 0.3 is 0 Å². The van der Waals surface area contributed by atoms with Gasteiger partial charge in [0, 0.05) is 11.6 Å². The molecule has 1 aromatic carbocycles. The van der Waals surface area contributed by atoms with Gasteiger partial charge in [-0.3, -0.25) is 0 Å². The molecule has 0 unspecified atom stereocenters. The molecule has 0 saturated carbocycles. The van der Waals surface area contributed by atoms with Gasteiger partial charge in [0.15, 0.2) is 6.20 Å². The summed E-state index contributed by atoms with van der Waals surface area (Å²) in [6.07, 6.45) is 2.15. The van der Waals surface area contributed by atoms with Crippen molar-refractivity contribution in [3.8, 4) is 11.3 Å². The summed E-state index contributed by atoms with van der Waals surface area (Å²) in [6, 6.07) is 8.05. The van der Waals surface area contributed by atoms with E-state index in [2.05, 4.69) is 70.5 Å². The second-order valence-electron chi connectivity index (χ2n) is 8.54. The minimum Gasteiger partial charge on any atom is -0.207 e. The number of hydrogen-bond donors (Lipinski definition) is 0. The van der Waals surface area contributed by atoms with Crippen molar-refractivity contribution in [2.75, 3.05) is 0 Å². The lowest BCUT2D eigenvalue weighted by Crippen LogP contribution is -2.33. The molecule has 0 radical (unpaired) electrons. The molecule has 2 aromatic rings. The monoisotopic (exact) mass is 314 g/mol. The maximum atomic E-state index is 14.4. The minimum atomic E-state index is -0.132. The Kier molecular flexibility index (Phi) is 4.40. The molecule has 0 aliphatic rings. The molecule has 23 heavy (non-hydrogen) atoms. The second-order valence-corrected chi connectivity index (χ2v) is 8.54. The van der Waals surface area contributed by atoms with Crippen LogP contribution in [0.1, 0.15) is 58.2 Å². The summed E-state index contributed by atoms with van der Waals surface area (Å²) in [5.74, 6) is -0.132. The SMILES string of the molecule is Cc1c(F)cc(C(C)(C)C)cc1-c1ccc(C(C)(C)C)c[n+]1C. The Morgan fingerprint density at radius 3 is 1.91 bits per heavy atom. The van der Waals surface area contributed by atoms with E-state index in [4.69, 9.17) is 0 Å². The molecular formula is C21H29FN+. The summed E-state index contributed by atoms with van der Waals surface area (Å²) in [5.41, 5.74) is 5.04. The maximum absolute atomic E-state index is 14.4. The molecule has 124 valence electrons. The van der Waals surface area contributed by atoms with Crippen LogP contribution in [0.4, 0.5) is 4.39 Å². The zero-order valence-corrected chi connectivity index (χ0v) is 15.7. The summed E-state index contributed by atoms with van der Waals surface area (Å²) in [4.78, 5) is 0. The molecule has 1 nitrogen and oxygen atoms in total. The molecule has 0 spiro atoms. The van der Waals surface area contributed by atoms with Gasteiger partial charge in [0.25, 0.3) is 0 Å². The lowest BCUT2D eigenvalue weighted by Gasteiger charge is -2.21. The number of nitrogens with zero attached hydrogens (tertiary/aromatic N) is 1. The standard InChI is InChI=1S/C21H29FN/c1-14-17(11-16(12-18(14)22)21(5,6)7)19-10-9-15(13-23(19)8)20(2,3)4/h9-13H,1-8H3/q+1. The number of hydrogen-bond acceptors (Lipinski definition) is 0. The number of aromatic nitrogens is 1. The Balaban J connectivity index is 2.65. The largest absolute Gasteiger partial charge is 0.212 e. The number of benzene rings is 1. The lowest BCUT2D eigenvalue weighted by molar-refractivity contribution is -0.661. The fourth-order valence-corrected chi connectivity index (χ4v) is 2.71. The summed E-state index contributed by atoms with van der Waals surface area (Å²) < 4.78 is 16.6. The highest BCUT2D eigenvalue weighted by Gasteiger charge is 2.23. The van der Waals surface area contributed by atoms with Gasteiger partial charge in [0.05, 0.1) is 5.56 Å². The van der Waals surface area contributed by atoms with Gasteiger partial charge in [-0.15, -0.1) is 0 Å². The fourth-order valence-electron chi connectivity index (χ4n) is 2.71. The fraction of sp³-hybridized carbons (Fsp3) is 0.476. The van der Waals surface area contributed by atoms with Crippen LogP contribution in [-0.4, -0.2) is 0 Å². The van der Waals surface area contributed by atoms with E-state index in [0.29, 0.717) is 5.56 Å². The molecular weight excluding hydrogens is 285 g/mol. The van der Waals surface area contributed by atoms with E-state index in [1.165, 1.54) is 5.56 Å². The van der Waals surface area contributed by atoms with E-state index in [9.17, 15) is 4.39 Å². The topological polar surface area (TPSA) is 3.88 Å². The van der Waals surface area contributed by atoms with Crippen molar-refractivity contribution in [2.45, 2.75) is 59.3 Å². The molecule has 0 saturated heterocycles. The predicted molar refractivity (Wildman–Crippen MR) is 95.1 cm³/mol. The summed E-state index contributed by atoms with van der Waals surface area (Å²) in [5, 5.41) is 0. The average Bonchev–Trinajstić information content (AvgIpc) is 2.39. The van der Waals surface area contributed by atoms with Crippen molar-refractivity contribution in [1.29, 1.82) is 0 Å². The van der Waals surface area contributed by atoms with Crippen LogP contribution in [0.2, 0.25) is 0 Å². The van der Waals surface area contributed by atoms with Crippen molar-refractivity contribution >= 4 is 0 Å². The van der Waals surface area contributed by atoms with E-state index in [0.717, 1.165) is 16.8 Å². The van der Waals surface area contributed by atoms with E-state index < -0.39 is 0 Å². The van der Waals surface area contributed by atoms with Crippen LogP contribution in [0.15, 0.2) is 30.5 Å². The highest BCUT2D eigenvalue weighted by molar-refractivity contribution is 5.63. The lowest BCUT2D eigenvalue weighted by atomic mass is 9.84. The molecule has 0 atom stereocenters. The van der Waals surface area contributed by atoms with Crippen molar-refractivity contribution in [3.05, 3.63) is 53.0 Å². The third-order valence-electron chi connectivity index (χ3n) is 4.49. The minimum absolute atomic E-state index is 0.0762. The van der Waals surface area contributed by atoms with Crippen molar-refractivity contribution in [1.82, 2.24) is 0 Å². The van der Waals surface area contributed by atoms with E-state index >= 15 is 0 Å². The van der Waals surface area contributed by atoms with Gasteiger partial charge in [-0.05, 0) is 47.1 Å². The quantitative estimate of drug-likeness (QED) is 0.635. The van der Waals surface area contributed by atoms with Crippen molar-refractivity contribution in [3.63, 3.8) is 0 Å². The first-order valence-corrected chi connectivity index (χ1v) is 8.22. The molecule has 0 bridgehead atoms. The van der Waals surface area contributed by atoms with Crippen LogP contribution >= 0.6 is 0 Å². The van der Waals surface area contributed by atoms with Gasteiger partial charge in [-0.25, -0.2) is 8.96 Å². The predicted octanol–water partition coefficient (Wildman–Crippen LogP) is 5.22. The molecule has 0 aliphatic carbocycles. The first-order valence-electron chi connectivity index (χ1n) is 8.22. The smallest absolute Gasteiger partial charge is 0.207 e. The Labute approximate surface area is 140 Å². The van der Waals surface area contributed by atoms with E-state index in [-0.39, 0.29) is 16.6 Å². The molecule has 0 N–H and O–H groups in total. The Hall–Kier alpha value is -1.70. The van der Waals surface area contributed by atoms with Crippen LogP contribution in [0.25, 0.3) is 11.3 Å². The van der Waals surface area contributed by atoms with Gasteiger partial charge < -0.3 is 0 Å². The summed E-state index contributed by atoms with van der Waals surface area (Å²) >= 11 is 0. The molecule has 0 amide bonds. The van der Waals surface area contributed by atoms with Crippen LogP contribution in [0, 0.1) is 12.7 Å². The first-order chi connectivity index (χ1) is 10.4. The van der Waals surface area contributed by atoms with Gasteiger partial charge in [0.2, 0.25) is 5.69 Å². The number of pyridine rings is 1. The Morgan fingerprint density at radius 1 is 0.870 bits per heavy atom. The van der Waals surface area contributed by atoms with Crippen LogP contribution < -0.4 is 4.57 Å². The Bertz CT molecular complexity index is 731. The molecule has 2 rings (SSSR count).